The number of carbonyl (C=O) groups excluding carboxylic acids is 1. The number of carbonyl (C=O) groups is 1. The molecule has 1 N–H and O–H groups in total. The number of pyridine rings is 1. The average Bonchev–Trinajstić information content (AvgIpc) is 3.15. The van der Waals surface area contributed by atoms with E-state index in [9.17, 15) is 4.79 Å². The Bertz CT molecular complexity index is 855. The second kappa shape index (κ2) is 6.02. The van der Waals surface area contributed by atoms with Gasteiger partial charge in [-0.3, -0.25) is 4.79 Å². The average molecular weight is 403 g/mol. The quantitative estimate of drug-likeness (QED) is 0.856. The van der Waals surface area contributed by atoms with Crippen LogP contribution in [-0.4, -0.2) is 31.7 Å². The molecule has 1 amide bonds. The Kier molecular flexibility index (Phi) is 3.95. The van der Waals surface area contributed by atoms with E-state index in [-0.39, 0.29) is 11.8 Å². The number of methoxy groups -OCH3 is 2. The number of benzene rings is 1. The predicted molar refractivity (Wildman–Crippen MR) is 97.1 cm³/mol. The number of aromatic nitrogens is 1. The second-order valence-electron chi connectivity index (χ2n) is 6.56. The molecule has 1 fully saturated rings. The third-order valence-corrected chi connectivity index (χ3v) is 5.96. The molecule has 1 saturated heterocycles. The van der Waals surface area contributed by atoms with Crippen LogP contribution in [0.5, 0.6) is 11.6 Å². The number of hydrogen-bond acceptors (Lipinski definition) is 4. The molecule has 1 aromatic heterocycles. The van der Waals surface area contributed by atoms with Crippen molar-refractivity contribution >= 4 is 21.8 Å². The molecule has 6 heteroatoms. The molecule has 2 atom stereocenters. The van der Waals surface area contributed by atoms with Crippen LogP contribution in [0.25, 0.3) is 0 Å². The summed E-state index contributed by atoms with van der Waals surface area (Å²) in [7, 11) is 3.26. The van der Waals surface area contributed by atoms with Crippen molar-refractivity contribution in [2.75, 3.05) is 20.8 Å². The molecule has 1 spiro atoms. The van der Waals surface area contributed by atoms with Gasteiger partial charge in [-0.15, -0.1) is 0 Å². The first-order valence-electron chi connectivity index (χ1n) is 8.24. The van der Waals surface area contributed by atoms with E-state index in [2.05, 4.69) is 32.3 Å². The van der Waals surface area contributed by atoms with Crippen molar-refractivity contribution in [2.45, 2.75) is 18.8 Å². The SMILES string of the molecule is COc1ccc2c(c1)CC1(CCNC1=O)C2c1ccc(Br)c(OC)n1. The summed E-state index contributed by atoms with van der Waals surface area (Å²) >= 11 is 3.45. The zero-order valence-corrected chi connectivity index (χ0v) is 15.7. The minimum absolute atomic E-state index is 0.0853. The van der Waals surface area contributed by atoms with E-state index < -0.39 is 5.41 Å². The van der Waals surface area contributed by atoms with Crippen molar-refractivity contribution < 1.29 is 14.3 Å². The minimum atomic E-state index is -0.486. The van der Waals surface area contributed by atoms with Gasteiger partial charge < -0.3 is 14.8 Å². The van der Waals surface area contributed by atoms with Crippen molar-refractivity contribution in [1.29, 1.82) is 0 Å². The summed E-state index contributed by atoms with van der Waals surface area (Å²) in [6.45, 7) is 0.702. The zero-order valence-electron chi connectivity index (χ0n) is 14.1. The second-order valence-corrected chi connectivity index (χ2v) is 7.42. The number of ether oxygens (including phenoxy) is 2. The molecule has 2 unspecified atom stereocenters. The Balaban J connectivity index is 1.89. The van der Waals surface area contributed by atoms with Crippen molar-refractivity contribution in [1.82, 2.24) is 10.3 Å². The number of rotatable bonds is 3. The Morgan fingerprint density at radius 3 is 2.76 bits per heavy atom. The van der Waals surface area contributed by atoms with E-state index in [1.165, 1.54) is 0 Å². The fourth-order valence-electron chi connectivity index (χ4n) is 4.20. The van der Waals surface area contributed by atoms with Gasteiger partial charge in [-0.25, -0.2) is 4.98 Å². The van der Waals surface area contributed by atoms with Crippen LogP contribution in [0.1, 0.15) is 29.2 Å². The summed E-state index contributed by atoms with van der Waals surface area (Å²) in [5.74, 6) is 1.37. The molecule has 1 aliphatic carbocycles. The number of hydrogen-bond donors (Lipinski definition) is 1. The van der Waals surface area contributed by atoms with Gasteiger partial charge in [-0.1, -0.05) is 6.07 Å². The Morgan fingerprint density at radius 2 is 2.08 bits per heavy atom. The maximum Gasteiger partial charge on any atom is 0.227 e. The van der Waals surface area contributed by atoms with E-state index in [0.717, 1.165) is 33.5 Å². The van der Waals surface area contributed by atoms with Gasteiger partial charge in [-0.05, 0) is 64.2 Å². The third-order valence-electron chi connectivity index (χ3n) is 5.35. The number of amides is 1. The summed E-state index contributed by atoms with van der Waals surface area (Å²) in [5.41, 5.74) is 2.68. The molecule has 0 radical (unpaired) electrons. The molecule has 4 rings (SSSR count). The summed E-state index contributed by atoms with van der Waals surface area (Å²) in [4.78, 5) is 17.5. The lowest BCUT2D eigenvalue weighted by Gasteiger charge is -2.28. The van der Waals surface area contributed by atoms with Gasteiger partial charge in [0.25, 0.3) is 0 Å². The highest BCUT2D eigenvalue weighted by Crippen LogP contribution is 2.54. The van der Waals surface area contributed by atoms with Gasteiger partial charge in [0.15, 0.2) is 0 Å². The summed E-state index contributed by atoms with van der Waals surface area (Å²) in [6, 6.07) is 9.97. The molecule has 130 valence electrons. The van der Waals surface area contributed by atoms with Gasteiger partial charge in [-0.2, -0.15) is 0 Å². The third kappa shape index (κ3) is 2.42. The van der Waals surface area contributed by atoms with Crippen LogP contribution in [0.3, 0.4) is 0 Å². The molecular weight excluding hydrogens is 384 g/mol. The van der Waals surface area contributed by atoms with Gasteiger partial charge >= 0.3 is 0 Å². The Morgan fingerprint density at radius 1 is 1.24 bits per heavy atom. The summed E-state index contributed by atoms with van der Waals surface area (Å²) in [6.07, 6.45) is 1.50. The van der Waals surface area contributed by atoms with E-state index in [1.807, 2.05) is 24.3 Å². The molecule has 5 nitrogen and oxygen atoms in total. The maximum atomic E-state index is 12.8. The lowest BCUT2D eigenvalue weighted by Crippen LogP contribution is -2.35. The van der Waals surface area contributed by atoms with Crippen LogP contribution in [0, 0.1) is 5.41 Å². The molecule has 1 aliphatic heterocycles. The standard InChI is InChI=1S/C19H19BrN2O3/c1-24-12-3-4-13-11(9-12)10-19(7-8-21-18(19)23)16(13)15-6-5-14(20)17(22-15)25-2/h3-6,9,16H,7-8,10H2,1-2H3,(H,21,23). The Labute approximate surface area is 154 Å². The fraction of sp³-hybridized carbons (Fsp3) is 0.368. The van der Waals surface area contributed by atoms with Crippen LogP contribution < -0.4 is 14.8 Å². The minimum Gasteiger partial charge on any atom is -0.497 e. The molecule has 1 aromatic carbocycles. The molecule has 2 heterocycles. The summed E-state index contributed by atoms with van der Waals surface area (Å²) < 4.78 is 11.5. The van der Waals surface area contributed by atoms with E-state index in [4.69, 9.17) is 9.47 Å². The van der Waals surface area contributed by atoms with Crippen molar-refractivity contribution in [2.24, 2.45) is 5.41 Å². The molecule has 2 aromatic rings. The van der Waals surface area contributed by atoms with E-state index in [0.29, 0.717) is 18.8 Å². The van der Waals surface area contributed by atoms with Gasteiger partial charge in [0.2, 0.25) is 11.8 Å². The van der Waals surface area contributed by atoms with Crippen LogP contribution in [0.4, 0.5) is 0 Å². The molecule has 25 heavy (non-hydrogen) atoms. The lowest BCUT2D eigenvalue weighted by atomic mass is 9.73. The van der Waals surface area contributed by atoms with Crippen molar-refractivity contribution in [3.63, 3.8) is 0 Å². The van der Waals surface area contributed by atoms with Gasteiger partial charge in [0.1, 0.15) is 5.75 Å². The van der Waals surface area contributed by atoms with Crippen LogP contribution in [-0.2, 0) is 11.2 Å². The monoisotopic (exact) mass is 402 g/mol. The highest BCUT2D eigenvalue weighted by atomic mass is 79.9. The maximum absolute atomic E-state index is 12.8. The number of nitrogens with zero attached hydrogens (tertiary/aromatic N) is 1. The van der Waals surface area contributed by atoms with Gasteiger partial charge in [0, 0.05) is 12.5 Å². The topological polar surface area (TPSA) is 60.5 Å². The lowest BCUT2D eigenvalue weighted by molar-refractivity contribution is -0.127. The Hall–Kier alpha value is -2.08. The zero-order chi connectivity index (χ0) is 17.6. The van der Waals surface area contributed by atoms with Crippen LogP contribution in [0.15, 0.2) is 34.8 Å². The van der Waals surface area contributed by atoms with Gasteiger partial charge in [0.05, 0.1) is 29.8 Å². The first-order valence-corrected chi connectivity index (χ1v) is 9.04. The van der Waals surface area contributed by atoms with Crippen molar-refractivity contribution in [3.05, 3.63) is 51.6 Å². The van der Waals surface area contributed by atoms with Crippen molar-refractivity contribution in [3.8, 4) is 11.6 Å². The first-order chi connectivity index (χ1) is 12.1. The summed E-state index contributed by atoms with van der Waals surface area (Å²) in [5, 5.41) is 3.02. The normalized spacial score (nSPS) is 24.3. The number of nitrogens with one attached hydrogen (secondary N) is 1. The molecule has 2 aliphatic rings. The number of fused-ring (bicyclic) bond motifs is 1. The first kappa shape index (κ1) is 16.4. The van der Waals surface area contributed by atoms with E-state index in [1.54, 1.807) is 14.2 Å². The predicted octanol–water partition coefficient (Wildman–Crippen LogP) is 3.06. The fourth-order valence-corrected chi connectivity index (χ4v) is 4.58. The largest absolute Gasteiger partial charge is 0.497 e. The smallest absolute Gasteiger partial charge is 0.227 e. The highest BCUT2D eigenvalue weighted by molar-refractivity contribution is 9.10. The van der Waals surface area contributed by atoms with E-state index >= 15 is 0 Å². The molecule has 0 bridgehead atoms. The van der Waals surface area contributed by atoms with Crippen LogP contribution >= 0.6 is 15.9 Å². The van der Waals surface area contributed by atoms with Crippen LogP contribution in [0.2, 0.25) is 0 Å². The molecular formula is C19H19BrN2O3. The highest BCUT2D eigenvalue weighted by Gasteiger charge is 2.55. The number of halogens is 1. The molecule has 0 saturated carbocycles.